The van der Waals surface area contributed by atoms with E-state index in [1.165, 1.54) is 12.8 Å². The lowest BCUT2D eigenvalue weighted by Gasteiger charge is -2.26. The zero-order valence-corrected chi connectivity index (χ0v) is 9.39. The second-order valence-corrected chi connectivity index (χ2v) is 4.50. The number of hydrogen-bond acceptors (Lipinski definition) is 2. The number of thiol groups is 1. The van der Waals surface area contributed by atoms with Crippen LogP contribution in [0.2, 0.25) is 0 Å². The molecule has 1 aliphatic carbocycles. The highest BCUT2D eigenvalue weighted by Crippen LogP contribution is 2.30. The van der Waals surface area contributed by atoms with Gasteiger partial charge in [-0.25, -0.2) is 0 Å². The minimum absolute atomic E-state index is 0.261. The molecule has 0 aromatic carbocycles. The lowest BCUT2D eigenvalue weighted by molar-refractivity contribution is -0.132. The van der Waals surface area contributed by atoms with Gasteiger partial charge in [-0.15, -0.1) is 0 Å². The monoisotopic (exact) mass is 201 g/mol. The van der Waals surface area contributed by atoms with Crippen molar-refractivity contribution in [2.45, 2.75) is 39.2 Å². The Morgan fingerprint density at radius 3 is 2.54 bits per heavy atom. The molecule has 0 aromatic rings. The molecular weight excluding hydrogens is 182 g/mol. The first-order chi connectivity index (χ1) is 6.15. The number of hydrogen-bond donors (Lipinski definition) is 1. The van der Waals surface area contributed by atoms with E-state index in [2.05, 4.69) is 26.5 Å². The Hall–Kier alpha value is -0.180. The van der Waals surface area contributed by atoms with E-state index in [0.29, 0.717) is 18.2 Å². The van der Waals surface area contributed by atoms with Gasteiger partial charge in [0.05, 0.1) is 0 Å². The van der Waals surface area contributed by atoms with Crippen LogP contribution in [0.4, 0.5) is 0 Å². The Morgan fingerprint density at radius 1 is 1.54 bits per heavy atom. The van der Waals surface area contributed by atoms with E-state index >= 15 is 0 Å². The van der Waals surface area contributed by atoms with E-state index in [1.807, 2.05) is 4.90 Å². The Balaban J connectivity index is 2.39. The summed E-state index contributed by atoms with van der Waals surface area (Å²) in [6.07, 6.45) is 3.18. The van der Waals surface area contributed by atoms with Gasteiger partial charge in [0.2, 0.25) is 5.91 Å². The van der Waals surface area contributed by atoms with Crippen molar-refractivity contribution in [3.8, 4) is 0 Å². The van der Waals surface area contributed by atoms with Crippen molar-refractivity contribution in [2.24, 2.45) is 5.92 Å². The first-order valence-electron chi connectivity index (χ1n) is 5.05. The Labute approximate surface area is 86.1 Å². The maximum absolute atomic E-state index is 11.6. The summed E-state index contributed by atoms with van der Waals surface area (Å²) in [4.78, 5) is 13.6. The molecular formula is C10H19NOS. The van der Waals surface area contributed by atoms with Gasteiger partial charge in [-0.05, 0) is 38.4 Å². The Bertz CT molecular complexity index is 178. The summed E-state index contributed by atoms with van der Waals surface area (Å²) in [5.41, 5.74) is 0. The van der Waals surface area contributed by atoms with E-state index in [-0.39, 0.29) is 5.91 Å². The maximum Gasteiger partial charge on any atom is 0.223 e. The van der Waals surface area contributed by atoms with Crippen molar-refractivity contribution in [2.75, 3.05) is 12.3 Å². The normalized spacial score (nSPS) is 16.3. The molecule has 13 heavy (non-hydrogen) atoms. The molecule has 76 valence electrons. The van der Waals surface area contributed by atoms with Crippen molar-refractivity contribution in [3.05, 3.63) is 0 Å². The van der Waals surface area contributed by atoms with Crippen LogP contribution in [-0.2, 0) is 4.79 Å². The van der Waals surface area contributed by atoms with E-state index in [1.54, 1.807) is 0 Å². The van der Waals surface area contributed by atoms with Gasteiger partial charge in [0.15, 0.2) is 0 Å². The van der Waals surface area contributed by atoms with E-state index in [0.717, 1.165) is 12.5 Å². The van der Waals surface area contributed by atoms with Crippen molar-refractivity contribution < 1.29 is 4.79 Å². The Kier molecular flexibility index (Phi) is 4.10. The molecule has 0 heterocycles. The van der Waals surface area contributed by atoms with Crippen LogP contribution in [0.15, 0.2) is 0 Å². The molecule has 0 aromatic heterocycles. The highest BCUT2D eigenvalue weighted by Gasteiger charge is 2.27. The smallest absolute Gasteiger partial charge is 0.223 e. The molecule has 0 bridgehead atoms. The lowest BCUT2D eigenvalue weighted by Crippen LogP contribution is -2.38. The zero-order chi connectivity index (χ0) is 9.84. The molecule has 2 nitrogen and oxygen atoms in total. The van der Waals surface area contributed by atoms with E-state index < -0.39 is 0 Å². The largest absolute Gasteiger partial charge is 0.340 e. The Morgan fingerprint density at radius 2 is 2.15 bits per heavy atom. The molecule has 0 N–H and O–H groups in total. The van der Waals surface area contributed by atoms with Crippen LogP contribution >= 0.6 is 12.6 Å². The number of amides is 1. The summed E-state index contributed by atoms with van der Waals surface area (Å²) < 4.78 is 0. The SMILES string of the molecule is CC(C)N(CC1CC1)C(=O)CCS. The molecule has 0 spiro atoms. The fourth-order valence-electron chi connectivity index (χ4n) is 1.42. The molecule has 0 unspecified atom stereocenters. The van der Waals surface area contributed by atoms with Gasteiger partial charge in [-0.1, -0.05) is 0 Å². The molecule has 1 aliphatic rings. The predicted octanol–water partition coefficient (Wildman–Crippen LogP) is 1.95. The number of carbonyl (C=O) groups excluding carboxylic acids is 1. The highest BCUT2D eigenvalue weighted by atomic mass is 32.1. The minimum atomic E-state index is 0.261. The molecule has 1 rings (SSSR count). The minimum Gasteiger partial charge on any atom is -0.340 e. The van der Waals surface area contributed by atoms with Gasteiger partial charge in [0.1, 0.15) is 0 Å². The fourth-order valence-corrected chi connectivity index (χ4v) is 1.61. The van der Waals surface area contributed by atoms with Gasteiger partial charge in [0, 0.05) is 19.0 Å². The van der Waals surface area contributed by atoms with Gasteiger partial charge in [-0.3, -0.25) is 4.79 Å². The molecule has 0 radical (unpaired) electrons. The zero-order valence-electron chi connectivity index (χ0n) is 8.49. The van der Waals surface area contributed by atoms with E-state index in [9.17, 15) is 4.79 Å². The topological polar surface area (TPSA) is 20.3 Å². The number of carbonyl (C=O) groups is 1. The third kappa shape index (κ3) is 3.59. The summed E-state index contributed by atoms with van der Waals surface area (Å²) in [5.74, 6) is 1.70. The maximum atomic E-state index is 11.6. The highest BCUT2D eigenvalue weighted by molar-refractivity contribution is 7.80. The summed E-state index contributed by atoms with van der Waals surface area (Å²) in [5, 5.41) is 0. The van der Waals surface area contributed by atoms with Crippen LogP contribution in [0.1, 0.15) is 33.1 Å². The summed E-state index contributed by atoms with van der Waals surface area (Å²) in [7, 11) is 0. The molecule has 0 atom stereocenters. The lowest BCUT2D eigenvalue weighted by atomic mass is 10.2. The second kappa shape index (κ2) is 4.89. The van der Waals surface area contributed by atoms with Crippen molar-refractivity contribution in [3.63, 3.8) is 0 Å². The van der Waals surface area contributed by atoms with Gasteiger partial charge < -0.3 is 4.90 Å². The van der Waals surface area contributed by atoms with Crippen LogP contribution in [0.3, 0.4) is 0 Å². The first kappa shape index (κ1) is 10.9. The van der Waals surface area contributed by atoms with Crippen molar-refractivity contribution in [1.82, 2.24) is 4.90 Å². The molecule has 0 saturated heterocycles. The van der Waals surface area contributed by atoms with Gasteiger partial charge >= 0.3 is 0 Å². The van der Waals surface area contributed by atoms with Crippen LogP contribution in [-0.4, -0.2) is 29.1 Å². The van der Waals surface area contributed by atoms with Gasteiger partial charge in [0.25, 0.3) is 0 Å². The van der Waals surface area contributed by atoms with E-state index in [4.69, 9.17) is 0 Å². The van der Waals surface area contributed by atoms with Crippen LogP contribution in [0.5, 0.6) is 0 Å². The third-order valence-electron chi connectivity index (χ3n) is 2.42. The first-order valence-corrected chi connectivity index (χ1v) is 5.68. The average molecular weight is 201 g/mol. The van der Waals surface area contributed by atoms with Crippen LogP contribution in [0.25, 0.3) is 0 Å². The second-order valence-electron chi connectivity index (χ2n) is 4.06. The predicted molar refractivity (Wildman–Crippen MR) is 58.0 cm³/mol. The van der Waals surface area contributed by atoms with Crippen molar-refractivity contribution >= 4 is 18.5 Å². The fraction of sp³-hybridized carbons (Fsp3) is 0.900. The average Bonchev–Trinajstić information content (AvgIpc) is 2.83. The molecule has 1 saturated carbocycles. The summed E-state index contributed by atoms with van der Waals surface area (Å²) in [6, 6.07) is 0.341. The van der Waals surface area contributed by atoms with Gasteiger partial charge in [-0.2, -0.15) is 12.6 Å². The standard InChI is InChI=1S/C10H19NOS/c1-8(2)11(7-9-3-4-9)10(12)5-6-13/h8-9,13H,3-7H2,1-2H3. The number of nitrogens with zero attached hydrogens (tertiary/aromatic N) is 1. The summed E-state index contributed by atoms with van der Waals surface area (Å²) in [6.45, 7) is 5.13. The van der Waals surface area contributed by atoms with Crippen LogP contribution < -0.4 is 0 Å². The summed E-state index contributed by atoms with van der Waals surface area (Å²) >= 11 is 4.08. The molecule has 3 heteroatoms. The third-order valence-corrected chi connectivity index (χ3v) is 2.64. The van der Waals surface area contributed by atoms with Crippen molar-refractivity contribution in [1.29, 1.82) is 0 Å². The number of rotatable bonds is 5. The quantitative estimate of drug-likeness (QED) is 0.674. The molecule has 1 fully saturated rings. The molecule has 0 aliphatic heterocycles. The molecule has 1 amide bonds. The van der Waals surface area contributed by atoms with Crippen LogP contribution in [0, 0.1) is 5.92 Å².